The predicted molar refractivity (Wildman–Crippen MR) is 105 cm³/mol. The number of aromatic amines is 1. The Bertz CT molecular complexity index is 879. The number of aryl methyl sites for hydroxylation is 1. The molecular weight excluding hydrogens is 330 g/mol. The second kappa shape index (κ2) is 6.42. The third kappa shape index (κ3) is 3.04. The zero-order valence-electron chi connectivity index (χ0n) is 14.9. The Balaban J connectivity index is 1.78. The maximum absolute atomic E-state index is 6.69. The number of H-pyrrole nitrogens is 1. The van der Waals surface area contributed by atoms with Gasteiger partial charge in [0.25, 0.3) is 0 Å². The number of nitrogens with one attached hydrogen (secondary N) is 1. The Kier molecular flexibility index (Phi) is 4.25. The standard InChI is InChI=1S/C19H25N5S/c1-3-6-19(20)7-4-9-24(12-19)15-5-8-21-17-16(15)14(11-22-17)18-23-10-13(2)25-18/h5,8,10-11H,3-4,6-7,9,12,20H2,1-2H3,(H,21,22). The van der Waals surface area contributed by atoms with E-state index in [0.29, 0.717) is 0 Å². The summed E-state index contributed by atoms with van der Waals surface area (Å²) in [4.78, 5) is 16.1. The van der Waals surface area contributed by atoms with Crippen molar-refractivity contribution in [3.63, 3.8) is 0 Å². The van der Waals surface area contributed by atoms with Gasteiger partial charge in [0.05, 0.1) is 11.1 Å². The fourth-order valence-corrected chi connectivity index (χ4v) is 4.81. The highest BCUT2D eigenvalue weighted by molar-refractivity contribution is 7.15. The van der Waals surface area contributed by atoms with Crippen LogP contribution in [0.4, 0.5) is 5.69 Å². The van der Waals surface area contributed by atoms with Crippen molar-refractivity contribution in [1.82, 2.24) is 15.0 Å². The smallest absolute Gasteiger partial charge is 0.140 e. The Morgan fingerprint density at radius 1 is 1.40 bits per heavy atom. The molecule has 1 aliphatic heterocycles. The topological polar surface area (TPSA) is 70.8 Å². The first-order valence-electron chi connectivity index (χ1n) is 9.02. The van der Waals surface area contributed by atoms with E-state index in [9.17, 15) is 0 Å². The van der Waals surface area contributed by atoms with E-state index < -0.39 is 0 Å². The molecule has 0 spiro atoms. The number of hydrogen-bond donors (Lipinski definition) is 2. The molecule has 132 valence electrons. The summed E-state index contributed by atoms with van der Waals surface area (Å²) in [7, 11) is 0. The van der Waals surface area contributed by atoms with Crippen LogP contribution < -0.4 is 10.6 Å². The molecule has 0 amide bonds. The minimum atomic E-state index is -0.0865. The van der Waals surface area contributed by atoms with Crippen LogP contribution in [0.25, 0.3) is 21.6 Å². The van der Waals surface area contributed by atoms with Crippen LogP contribution in [0.3, 0.4) is 0 Å². The average molecular weight is 356 g/mol. The highest BCUT2D eigenvalue weighted by Gasteiger charge is 2.32. The maximum atomic E-state index is 6.69. The van der Waals surface area contributed by atoms with Gasteiger partial charge in [-0.05, 0) is 32.3 Å². The molecule has 0 bridgehead atoms. The fraction of sp³-hybridized carbons (Fsp3) is 0.474. The van der Waals surface area contributed by atoms with Crippen molar-refractivity contribution in [1.29, 1.82) is 0 Å². The monoisotopic (exact) mass is 355 g/mol. The van der Waals surface area contributed by atoms with Crippen molar-refractivity contribution in [3.05, 3.63) is 29.5 Å². The minimum Gasteiger partial charge on any atom is -0.369 e. The molecule has 6 heteroatoms. The second-order valence-corrected chi connectivity index (χ2v) is 8.40. The average Bonchev–Trinajstić information content (AvgIpc) is 3.20. The Morgan fingerprint density at radius 3 is 3.04 bits per heavy atom. The van der Waals surface area contributed by atoms with Gasteiger partial charge in [0.15, 0.2) is 0 Å². The molecule has 3 N–H and O–H groups in total. The molecule has 1 saturated heterocycles. The van der Waals surface area contributed by atoms with E-state index in [1.54, 1.807) is 11.3 Å². The Hall–Kier alpha value is -1.92. The number of thiazole rings is 1. The van der Waals surface area contributed by atoms with Gasteiger partial charge in [0.2, 0.25) is 0 Å². The summed E-state index contributed by atoms with van der Waals surface area (Å²) in [5.74, 6) is 0. The van der Waals surface area contributed by atoms with Crippen LogP contribution in [0.1, 0.15) is 37.5 Å². The largest absolute Gasteiger partial charge is 0.369 e. The summed E-state index contributed by atoms with van der Waals surface area (Å²) in [6, 6.07) is 2.12. The van der Waals surface area contributed by atoms with Crippen molar-refractivity contribution in [3.8, 4) is 10.6 Å². The van der Waals surface area contributed by atoms with Crippen LogP contribution in [-0.4, -0.2) is 33.6 Å². The number of fused-ring (bicyclic) bond motifs is 1. The van der Waals surface area contributed by atoms with Gasteiger partial charge in [0, 0.05) is 47.7 Å². The number of pyridine rings is 1. The molecule has 1 unspecified atom stereocenters. The molecular formula is C19H25N5S. The Morgan fingerprint density at radius 2 is 2.28 bits per heavy atom. The molecule has 3 aromatic heterocycles. The first-order chi connectivity index (χ1) is 12.1. The van der Waals surface area contributed by atoms with Crippen LogP contribution in [0.15, 0.2) is 24.7 Å². The summed E-state index contributed by atoms with van der Waals surface area (Å²) in [6.07, 6.45) is 10.3. The zero-order valence-corrected chi connectivity index (χ0v) is 15.7. The lowest BCUT2D eigenvalue weighted by Gasteiger charge is -2.41. The SMILES string of the molecule is CCCC1(N)CCCN(c2ccnc3[nH]cc(-c4ncc(C)s4)c23)C1. The number of anilines is 1. The normalized spacial score (nSPS) is 21.2. The summed E-state index contributed by atoms with van der Waals surface area (Å²) in [6.45, 7) is 6.26. The third-order valence-electron chi connectivity index (χ3n) is 5.10. The molecule has 1 aliphatic rings. The van der Waals surface area contributed by atoms with Crippen LogP contribution in [0, 0.1) is 6.92 Å². The number of nitrogens with two attached hydrogens (primary N) is 1. The van der Waals surface area contributed by atoms with Crippen molar-refractivity contribution >= 4 is 28.1 Å². The molecule has 3 aromatic rings. The van der Waals surface area contributed by atoms with Crippen molar-refractivity contribution in [2.45, 2.75) is 45.1 Å². The predicted octanol–water partition coefficient (Wildman–Crippen LogP) is 4.09. The van der Waals surface area contributed by atoms with Gasteiger partial charge in [-0.3, -0.25) is 0 Å². The summed E-state index contributed by atoms with van der Waals surface area (Å²) in [5, 5.41) is 2.21. The minimum absolute atomic E-state index is 0.0865. The van der Waals surface area contributed by atoms with Gasteiger partial charge in [-0.15, -0.1) is 11.3 Å². The summed E-state index contributed by atoms with van der Waals surface area (Å²) in [5.41, 5.74) is 9.89. The number of piperidine rings is 1. The van der Waals surface area contributed by atoms with Crippen LogP contribution in [0.2, 0.25) is 0 Å². The maximum Gasteiger partial charge on any atom is 0.140 e. The third-order valence-corrected chi connectivity index (χ3v) is 6.05. The van der Waals surface area contributed by atoms with Gasteiger partial charge in [-0.2, -0.15) is 0 Å². The number of nitrogens with zero attached hydrogens (tertiary/aromatic N) is 3. The summed E-state index contributed by atoms with van der Waals surface area (Å²) >= 11 is 1.72. The molecule has 4 rings (SSSR count). The number of rotatable bonds is 4. The van der Waals surface area contributed by atoms with Crippen molar-refractivity contribution < 1.29 is 0 Å². The quantitative estimate of drug-likeness (QED) is 0.739. The van der Waals surface area contributed by atoms with E-state index in [-0.39, 0.29) is 5.54 Å². The van der Waals surface area contributed by atoms with Crippen molar-refractivity contribution in [2.75, 3.05) is 18.0 Å². The van der Waals surface area contributed by atoms with E-state index >= 15 is 0 Å². The highest BCUT2D eigenvalue weighted by atomic mass is 32.1. The number of hydrogen-bond acceptors (Lipinski definition) is 5. The van der Waals surface area contributed by atoms with Gasteiger partial charge in [-0.25, -0.2) is 9.97 Å². The zero-order chi connectivity index (χ0) is 17.4. The second-order valence-electron chi connectivity index (χ2n) is 7.17. The fourth-order valence-electron chi connectivity index (χ4n) is 4.02. The molecule has 1 fully saturated rings. The highest BCUT2D eigenvalue weighted by Crippen LogP contribution is 2.38. The first kappa shape index (κ1) is 16.5. The number of aromatic nitrogens is 3. The van der Waals surface area contributed by atoms with Gasteiger partial charge < -0.3 is 15.6 Å². The molecule has 1 atom stereocenters. The molecule has 5 nitrogen and oxygen atoms in total. The molecule has 0 radical (unpaired) electrons. The van der Waals surface area contributed by atoms with Gasteiger partial charge in [-0.1, -0.05) is 13.3 Å². The Labute approximate surface area is 152 Å². The van der Waals surface area contributed by atoms with Gasteiger partial charge in [0.1, 0.15) is 10.7 Å². The van der Waals surface area contributed by atoms with E-state index in [4.69, 9.17) is 5.73 Å². The molecule has 0 aliphatic carbocycles. The lowest BCUT2D eigenvalue weighted by atomic mass is 9.85. The van der Waals surface area contributed by atoms with Gasteiger partial charge >= 0.3 is 0 Å². The van der Waals surface area contributed by atoms with E-state index in [2.05, 4.69) is 39.8 Å². The van der Waals surface area contributed by atoms with E-state index in [1.807, 2.05) is 18.6 Å². The van der Waals surface area contributed by atoms with E-state index in [1.165, 1.54) is 10.6 Å². The van der Waals surface area contributed by atoms with Crippen LogP contribution in [-0.2, 0) is 0 Å². The lowest BCUT2D eigenvalue weighted by molar-refractivity contribution is 0.321. The molecule has 25 heavy (non-hydrogen) atoms. The lowest BCUT2D eigenvalue weighted by Crippen LogP contribution is -2.54. The molecule has 0 saturated carbocycles. The van der Waals surface area contributed by atoms with Crippen molar-refractivity contribution in [2.24, 2.45) is 5.73 Å². The molecule has 4 heterocycles. The van der Waals surface area contributed by atoms with E-state index in [0.717, 1.165) is 60.4 Å². The molecule has 0 aromatic carbocycles. The van der Waals surface area contributed by atoms with Crippen LogP contribution in [0.5, 0.6) is 0 Å². The summed E-state index contributed by atoms with van der Waals surface area (Å²) < 4.78 is 0. The first-order valence-corrected chi connectivity index (χ1v) is 9.84. The van der Waals surface area contributed by atoms with Crippen LogP contribution >= 0.6 is 11.3 Å².